The van der Waals surface area contributed by atoms with Crippen molar-refractivity contribution >= 4 is 68.9 Å². The quantitative estimate of drug-likeness (QED) is 0.680. The minimum Gasteiger partial charge on any atom is -0.478 e. The summed E-state index contributed by atoms with van der Waals surface area (Å²) in [5.74, 6) is -0.937. The first-order valence-electron chi connectivity index (χ1n) is 5.71. The number of carboxylic acid groups (broad SMARTS) is 1. The summed E-state index contributed by atoms with van der Waals surface area (Å²) in [6.07, 6.45) is 0. The third-order valence-electron chi connectivity index (χ3n) is 2.78. The highest BCUT2D eigenvalue weighted by Crippen LogP contribution is 2.47. The zero-order valence-electron chi connectivity index (χ0n) is 10.3. The molecule has 21 heavy (non-hydrogen) atoms. The Hall–Kier alpha value is -1.41. The molecule has 2 heterocycles. The van der Waals surface area contributed by atoms with Crippen molar-refractivity contribution in [2.24, 2.45) is 8.73 Å². The highest BCUT2D eigenvalue weighted by molar-refractivity contribution is 7.58. The van der Waals surface area contributed by atoms with Gasteiger partial charge in [0.05, 0.1) is 32.7 Å². The maximum Gasteiger partial charge on any atom is 0.336 e. The van der Waals surface area contributed by atoms with Crippen LogP contribution in [0.15, 0.2) is 26.2 Å². The SMILES string of the molecule is O=C(O)c1csc(CNc2c(Cl)cc(Cl)c3c2N=S=N3)c1. The van der Waals surface area contributed by atoms with Crippen molar-refractivity contribution in [3.63, 3.8) is 0 Å². The summed E-state index contributed by atoms with van der Waals surface area (Å²) in [5.41, 5.74) is 2.15. The molecular formula is C12H7Cl2N3O2S2. The molecular weight excluding hydrogens is 353 g/mol. The van der Waals surface area contributed by atoms with Crippen LogP contribution in [-0.2, 0) is 17.9 Å². The molecule has 1 aliphatic heterocycles. The molecule has 0 fully saturated rings. The number of nitrogens with one attached hydrogen (secondary N) is 1. The summed E-state index contributed by atoms with van der Waals surface area (Å²) in [7, 11) is 0. The molecule has 5 nitrogen and oxygen atoms in total. The van der Waals surface area contributed by atoms with Gasteiger partial charge < -0.3 is 10.4 Å². The third-order valence-corrected chi connectivity index (χ3v) is 4.84. The fourth-order valence-electron chi connectivity index (χ4n) is 1.80. The third kappa shape index (κ3) is 2.82. The largest absolute Gasteiger partial charge is 0.478 e. The summed E-state index contributed by atoms with van der Waals surface area (Å²) in [6, 6.07) is 3.24. The fourth-order valence-corrected chi connectivity index (χ4v) is 3.78. The van der Waals surface area contributed by atoms with Gasteiger partial charge in [-0.05, 0) is 12.1 Å². The van der Waals surface area contributed by atoms with E-state index in [2.05, 4.69) is 14.0 Å². The average molecular weight is 360 g/mol. The zero-order chi connectivity index (χ0) is 15.0. The van der Waals surface area contributed by atoms with E-state index in [0.717, 1.165) is 16.2 Å². The maximum atomic E-state index is 10.9. The molecule has 1 aromatic heterocycles. The van der Waals surface area contributed by atoms with E-state index in [1.807, 2.05) is 0 Å². The summed E-state index contributed by atoms with van der Waals surface area (Å²) in [6.45, 7) is 0.450. The predicted octanol–water partition coefficient (Wildman–Crippen LogP) is 5.09. The number of halogens is 2. The lowest BCUT2D eigenvalue weighted by Crippen LogP contribution is -1.99. The lowest BCUT2D eigenvalue weighted by atomic mass is 10.2. The summed E-state index contributed by atoms with van der Waals surface area (Å²) < 4.78 is 8.32. The Morgan fingerprint density at radius 3 is 2.71 bits per heavy atom. The van der Waals surface area contributed by atoms with Gasteiger partial charge in [0, 0.05) is 16.8 Å². The van der Waals surface area contributed by atoms with Gasteiger partial charge in [0.2, 0.25) is 0 Å². The first kappa shape index (κ1) is 14.5. The fraction of sp³-hybridized carbons (Fsp3) is 0.0833. The molecule has 0 saturated heterocycles. The van der Waals surface area contributed by atoms with E-state index in [0.29, 0.717) is 33.7 Å². The Kier molecular flexibility index (Phi) is 3.99. The Balaban J connectivity index is 1.84. The zero-order valence-corrected chi connectivity index (χ0v) is 13.4. The second-order valence-corrected chi connectivity index (χ2v) is 6.48. The van der Waals surface area contributed by atoms with Crippen LogP contribution in [0.25, 0.3) is 0 Å². The number of benzene rings is 1. The van der Waals surface area contributed by atoms with Crippen LogP contribution in [-0.4, -0.2) is 11.1 Å². The van der Waals surface area contributed by atoms with Crippen LogP contribution in [0, 0.1) is 0 Å². The van der Waals surface area contributed by atoms with Crippen molar-refractivity contribution in [2.75, 3.05) is 5.32 Å². The lowest BCUT2D eigenvalue weighted by Gasteiger charge is -2.11. The molecule has 0 amide bonds. The van der Waals surface area contributed by atoms with Crippen molar-refractivity contribution in [1.82, 2.24) is 0 Å². The van der Waals surface area contributed by atoms with Crippen LogP contribution in [0.1, 0.15) is 15.2 Å². The summed E-state index contributed by atoms with van der Waals surface area (Å²) in [4.78, 5) is 11.7. The van der Waals surface area contributed by atoms with Gasteiger partial charge in [0.25, 0.3) is 0 Å². The molecule has 0 radical (unpaired) electrons. The monoisotopic (exact) mass is 359 g/mol. The number of carbonyl (C=O) groups is 1. The first-order valence-corrected chi connectivity index (χ1v) is 8.07. The van der Waals surface area contributed by atoms with Crippen molar-refractivity contribution in [2.45, 2.75) is 6.54 Å². The smallest absolute Gasteiger partial charge is 0.336 e. The van der Waals surface area contributed by atoms with Crippen LogP contribution >= 0.6 is 34.5 Å². The van der Waals surface area contributed by atoms with Gasteiger partial charge in [-0.1, -0.05) is 23.2 Å². The maximum absolute atomic E-state index is 10.9. The molecule has 2 aromatic rings. The average Bonchev–Trinajstić information content (AvgIpc) is 3.06. The van der Waals surface area contributed by atoms with Crippen molar-refractivity contribution < 1.29 is 9.90 Å². The number of thiophene rings is 1. The minimum absolute atomic E-state index is 0.277. The molecule has 1 aromatic carbocycles. The van der Waals surface area contributed by atoms with Crippen LogP contribution in [0.5, 0.6) is 0 Å². The van der Waals surface area contributed by atoms with Crippen LogP contribution in [0.3, 0.4) is 0 Å². The summed E-state index contributed by atoms with van der Waals surface area (Å²) in [5, 5.41) is 14.6. The Labute approximate surface area is 137 Å². The molecule has 0 atom stereocenters. The van der Waals surface area contributed by atoms with Gasteiger partial charge in [0.1, 0.15) is 11.4 Å². The standard InChI is InChI=1S/C12H7Cl2N3O2S2/c13-7-2-8(14)10-11(17-21-16-10)9(7)15-3-6-1-5(4-20-6)12(18)19/h1-2,4,15H,3H2,(H,18,19). The van der Waals surface area contributed by atoms with E-state index in [1.165, 1.54) is 11.3 Å². The number of fused-ring (bicyclic) bond motifs is 1. The van der Waals surface area contributed by atoms with Crippen LogP contribution in [0.2, 0.25) is 10.0 Å². The summed E-state index contributed by atoms with van der Waals surface area (Å²) >= 11 is 14.7. The van der Waals surface area contributed by atoms with Crippen LogP contribution in [0.4, 0.5) is 17.1 Å². The number of hydrogen-bond donors (Lipinski definition) is 2. The topological polar surface area (TPSA) is 74.0 Å². The van der Waals surface area contributed by atoms with Crippen molar-refractivity contribution in [3.8, 4) is 0 Å². The molecule has 0 spiro atoms. The van der Waals surface area contributed by atoms with E-state index < -0.39 is 5.97 Å². The van der Waals surface area contributed by atoms with Gasteiger partial charge in [-0.25, -0.2) is 4.79 Å². The van der Waals surface area contributed by atoms with E-state index in [1.54, 1.807) is 17.5 Å². The second kappa shape index (κ2) is 5.76. The molecule has 0 bridgehead atoms. The van der Waals surface area contributed by atoms with E-state index >= 15 is 0 Å². The van der Waals surface area contributed by atoms with Gasteiger partial charge >= 0.3 is 5.97 Å². The molecule has 3 rings (SSSR count). The molecule has 108 valence electrons. The highest BCUT2D eigenvalue weighted by Gasteiger charge is 2.18. The van der Waals surface area contributed by atoms with Crippen molar-refractivity contribution in [3.05, 3.63) is 38.0 Å². The number of hydrogen-bond acceptors (Lipinski definition) is 5. The van der Waals surface area contributed by atoms with Crippen molar-refractivity contribution in [1.29, 1.82) is 0 Å². The predicted molar refractivity (Wildman–Crippen MR) is 86.6 cm³/mol. The van der Waals surface area contributed by atoms with Crippen LogP contribution < -0.4 is 5.32 Å². The first-order chi connectivity index (χ1) is 10.1. The Morgan fingerprint density at radius 2 is 2.00 bits per heavy atom. The molecule has 2 N–H and O–H groups in total. The molecule has 0 unspecified atom stereocenters. The van der Waals surface area contributed by atoms with Gasteiger partial charge in [-0.2, -0.15) is 8.73 Å². The normalized spacial score (nSPS) is 12.1. The van der Waals surface area contributed by atoms with E-state index in [-0.39, 0.29) is 5.56 Å². The van der Waals surface area contributed by atoms with Gasteiger partial charge in [-0.3, -0.25) is 0 Å². The van der Waals surface area contributed by atoms with Gasteiger partial charge in [-0.15, -0.1) is 11.3 Å². The molecule has 0 aliphatic carbocycles. The van der Waals surface area contributed by atoms with E-state index in [4.69, 9.17) is 28.3 Å². The number of nitrogens with zero attached hydrogens (tertiary/aromatic N) is 2. The highest BCUT2D eigenvalue weighted by atomic mass is 35.5. The Bertz CT molecular complexity index is 813. The molecule has 1 aliphatic rings. The number of carboxylic acids is 1. The number of anilines is 1. The van der Waals surface area contributed by atoms with Gasteiger partial charge in [0.15, 0.2) is 0 Å². The number of rotatable bonds is 4. The molecule has 9 heteroatoms. The molecule has 0 saturated carbocycles. The Morgan fingerprint density at radius 1 is 1.24 bits per heavy atom. The minimum atomic E-state index is -0.937. The second-order valence-electron chi connectivity index (χ2n) is 4.14. The lowest BCUT2D eigenvalue weighted by molar-refractivity contribution is 0.0697. The van der Waals surface area contributed by atoms with E-state index in [9.17, 15) is 4.79 Å². The number of aromatic carboxylic acids is 1.